The van der Waals surface area contributed by atoms with Crippen LogP contribution in [0.1, 0.15) is 12.6 Å². The molecule has 17 heavy (non-hydrogen) atoms. The zero-order chi connectivity index (χ0) is 12.1. The fourth-order valence-corrected chi connectivity index (χ4v) is 1.15. The Morgan fingerprint density at radius 3 is 2.88 bits per heavy atom. The highest BCUT2D eigenvalue weighted by Crippen LogP contribution is 2.08. The third kappa shape index (κ3) is 3.23. The zero-order valence-electron chi connectivity index (χ0n) is 9.15. The second-order valence-electron chi connectivity index (χ2n) is 3.22. The maximum atomic E-state index is 10.7. The van der Waals surface area contributed by atoms with E-state index in [0.717, 1.165) is 10.5 Å². The number of aliphatic imine (C=N–C) groups is 1. The first-order valence-corrected chi connectivity index (χ1v) is 4.94. The minimum absolute atomic E-state index is 0.457. The molecule has 0 unspecified atom stereocenters. The highest BCUT2D eigenvalue weighted by Gasteiger charge is 2.00. The summed E-state index contributed by atoms with van der Waals surface area (Å²) in [7, 11) is 0. The highest BCUT2D eigenvalue weighted by molar-refractivity contribution is 5.78. The van der Waals surface area contributed by atoms with Gasteiger partial charge in [0.15, 0.2) is 0 Å². The Balaban J connectivity index is 2.06. The van der Waals surface area contributed by atoms with Crippen LogP contribution in [0.3, 0.4) is 0 Å². The second-order valence-corrected chi connectivity index (χ2v) is 3.22. The Morgan fingerprint density at radius 1 is 1.41 bits per heavy atom. The van der Waals surface area contributed by atoms with E-state index in [1.807, 2.05) is 30.3 Å². The van der Waals surface area contributed by atoms with Crippen LogP contribution in [0.15, 0.2) is 41.5 Å². The van der Waals surface area contributed by atoms with Crippen molar-refractivity contribution in [3.63, 3.8) is 0 Å². The summed E-state index contributed by atoms with van der Waals surface area (Å²) in [4.78, 5) is 20.5. The summed E-state index contributed by atoms with van der Waals surface area (Å²) in [6.45, 7) is 1.29. The third-order valence-electron chi connectivity index (χ3n) is 1.82. The quantitative estimate of drug-likeness (QED) is 0.582. The molecule has 2 rings (SSSR count). The smallest absolute Gasteiger partial charge is 0.318 e. The summed E-state index contributed by atoms with van der Waals surface area (Å²) in [5, 5.41) is 7.37. The lowest BCUT2D eigenvalue weighted by molar-refractivity contribution is -0.143. The van der Waals surface area contributed by atoms with E-state index in [2.05, 4.69) is 20.1 Å². The van der Waals surface area contributed by atoms with Crippen molar-refractivity contribution in [1.29, 1.82) is 0 Å². The van der Waals surface area contributed by atoms with Crippen molar-refractivity contribution in [2.45, 2.75) is 6.92 Å². The van der Waals surface area contributed by atoms with E-state index in [1.165, 1.54) is 13.1 Å². The number of nitrogens with zero attached hydrogens (tertiary/aromatic N) is 4. The summed E-state index contributed by atoms with van der Waals surface area (Å²) in [5.41, 5.74) is 1.32. The lowest BCUT2D eigenvalue weighted by Gasteiger charge is -1.94. The van der Waals surface area contributed by atoms with Gasteiger partial charge in [-0.2, -0.15) is 0 Å². The lowest BCUT2D eigenvalue weighted by Crippen LogP contribution is -2.16. The number of para-hydroxylation sites is 1. The average molecular weight is 230 g/mol. The van der Waals surface area contributed by atoms with Gasteiger partial charge in [-0.3, -0.25) is 4.99 Å². The van der Waals surface area contributed by atoms with E-state index in [-0.39, 0.29) is 0 Å². The molecular weight excluding hydrogens is 220 g/mol. The predicted octanol–water partition coefficient (Wildman–Crippen LogP) is 1.00. The molecule has 1 aromatic heterocycles. The third-order valence-corrected chi connectivity index (χ3v) is 1.82. The van der Waals surface area contributed by atoms with Crippen LogP contribution in [0, 0.1) is 0 Å². The monoisotopic (exact) mass is 230 g/mol. The molecule has 0 amide bonds. The topological polar surface area (TPSA) is 69.4 Å². The van der Waals surface area contributed by atoms with Crippen LogP contribution < -0.4 is 4.84 Å². The fraction of sp³-hybridized carbons (Fsp3) is 0.0909. The van der Waals surface area contributed by atoms with E-state index in [4.69, 9.17) is 0 Å². The van der Waals surface area contributed by atoms with Gasteiger partial charge in [0.25, 0.3) is 0 Å². The molecule has 86 valence electrons. The average Bonchev–Trinajstić information content (AvgIpc) is 2.75. The number of rotatable bonds is 3. The molecule has 0 aliphatic heterocycles. The van der Waals surface area contributed by atoms with Crippen molar-refractivity contribution in [2.24, 2.45) is 4.99 Å². The Bertz CT molecular complexity index is 533. The number of hydrogen-bond donors (Lipinski definition) is 0. The van der Waals surface area contributed by atoms with Gasteiger partial charge in [0.1, 0.15) is 5.69 Å². The van der Waals surface area contributed by atoms with Gasteiger partial charge in [0, 0.05) is 6.92 Å². The SMILES string of the molecule is CC(=O)On1cc(C=Nc2ccccc2)nn1. The maximum Gasteiger partial charge on any atom is 0.331 e. The molecule has 0 saturated heterocycles. The van der Waals surface area contributed by atoms with Crippen LogP contribution in [0.2, 0.25) is 0 Å². The van der Waals surface area contributed by atoms with Gasteiger partial charge >= 0.3 is 5.97 Å². The van der Waals surface area contributed by atoms with Gasteiger partial charge < -0.3 is 4.84 Å². The molecule has 0 N–H and O–H groups in total. The van der Waals surface area contributed by atoms with Crippen LogP contribution in [-0.4, -0.2) is 27.3 Å². The van der Waals surface area contributed by atoms with Crippen LogP contribution in [0.4, 0.5) is 5.69 Å². The lowest BCUT2D eigenvalue weighted by atomic mass is 10.3. The van der Waals surface area contributed by atoms with Gasteiger partial charge in [0.2, 0.25) is 0 Å². The van der Waals surface area contributed by atoms with Crippen LogP contribution >= 0.6 is 0 Å². The molecule has 0 spiro atoms. The fourth-order valence-electron chi connectivity index (χ4n) is 1.15. The molecule has 1 aromatic carbocycles. The zero-order valence-corrected chi connectivity index (χ0v) is 9.15. The van der Waals surface area contributed by atoms with E-state index < -0.39 is 5.97 Å². The normalized spacial score (nSPS) is 10.6. The number of hydrogen-bond acceptors (Lipinski definition) is 5. The largest absolute Gasteiger partial charge is 0.331 e. The van der Waals surface area contributed by atoms with E-state index >= 15 is 0 Å². The summed E-state index contributed by atoms with van der Waals surface area (Å²) in [6.07, 6.45) is 3.01. The van der Waals surface area contributed by atoms with E-state index in [9.17, 15) is 4.79 Å². The first-order chi connectivity index (χ1) is 8.24. The Hall–Kier alpha value is -2.50. The molecule has 6 nitrogen and oxygen atoms in total. The molecule has 0 radical (unpaired) electrons. The van der Waals surface area contributed by atoms with Crippen LogP contribution in [0.5, 0.6) is 0 Å². The summed E-state index contributed by atoms with van der Waals surface area (Å²) >= 11 is 0. The molecule has 6 heteroatoms. The van der Waals surface area contributed by atoms with Gasteiger partial charge in [-0.25, -0.2) is 4.79 Å². The van der Waals surface area contributed by atoms with Crippen LogP contribution in [-0.2, 0) is 4.79 Å². The standard InChI is InChI=1S/C11H10N4O2/c1-9(16)17-15-8-11(13-14-15)7-12-10-5-3-2-4-6-10/h2-8H,1H3. The molecule has 0 aliphatic carbocycles. The van der Waals surface area contributed by atoms with Gasteiger partial charge in [-0.05, 0) is 17.3 Å². The number of carbonyl (C=O) groups is 1. The second kappa shape index (κ2) is 5.02. The number of benzene rings is 1. The van der Waals surface area contributed by atoms with Crippen molar-refractivity contribution in [3.05, 3.63) is 42.2 Å². The predicted molar refractivity (Wildman–Crippen MR) is 61.0 cm³/mol. The maximum absolute atomic E-state index is 10.7. The minimum atomic E-state index is -0.457. The van der Waals surface area contributed by atoms with Crippen molar-refractivity contribution >= 4 is 17.9 Å². The molecule has 1 heterocycles. The first-order valence-electron chi connectivity index (χ1n) is 4.94. The molecule has 0 saturated carbocycles. The van der Waals surface area contributed by atoms with Gasteiger partial charge in [-0.1, -0.05) is 23.0 Å². The van der Waals surface area contributed by atoms with E-state index in [0.29, 0.717) is 5.69 Å². The number of carbonyl (C=O) groups excluding carboxylic acids is 1. The highest BCUT2D eigenvalue weighted by atomic mass is 16.7. The number of aromatic nitrogens is 3. The molecule has 0 atom stereocenters. The Kier molecular flexibility index (Phi) is 3.25. The molecule has 0 fully saturated rings. The summed E-state index contributed by atoms with van der Waals surface area (Å²) < 4.78 is 0. The molecular formula is C11H10N4O2. The van der Waals surface area contributed by atoms with E-state index in [1.54, 1.807) is 6.21 Å². The molecule has 2 aromatic rings. The minimum Gasteiger partial charge on any atom is -0.318 e. The molecule has 0 bridgehead atoms. The Morgan fingerprint density at radius 2 is 2.18 bits per heavy atom. The van der Waals surface area contributed by atoms with Crippen molar-refractivity contribution < 1.29 is 9.63 Å². The van der Waals surface area contributed by atoms with Crippen LogP contribution in [0.25, 0.3) is 0 Å². The van der Waals surface area contributed by atoms with Crippen molar-refractivity contribution in [3.8, 4) is 0 Å². The van der Waals surface area contributed by atoms with Crippen molar-refractivity contribution in [1.82, 2.24) is 15.2 Å². The summed E-state index contributed by atoms with van der Waals surface area (Å²) in [6, 6.07) is 9.43. The van der Waals surface area contributed by atoms with Crippen molar-refractivity contribution in [2.75, 3.05) is 0 Å². The first kappa shape index (κ1) is 11.0. The van der Waals surface area contributed by atoms with Gasteiger partial charge in [0.05, 0.1) is 18.1 Å². The summed E-state index contributed by atoms with van der Waals surface area (Å²) in [5.74, 6) is -0.457. The molecule has 0 aliphatic rings. The van der Waals surface area contributed by atoms with Gasteiger partial charge in [-0.15, -0.1) is 5.10 Å². The Labute approximate surface area is 97.5 Å².